The van der Waals surface area contributed by atoms with Gasteiger partial charge in [0, 0.05) is 42.2 Å². The first-order valence-electron chi connectivity index (χ1n) is 12.2. The zero-order valence-electron chi connectivity index (χ0n) is 20.6. The molecule has 1 fully saturated rings. The molecule has 3 heterocycles. The Kier molecular flexibility index (Phi) is 8.02. The lowest BCUT2D eigenvalue weighted by Crippen LogP contribution is -2.40. The van der Waals surface area contributed by atoms with Crippen LogP contribution in [-0.2, 0) is 6.42 Å². The predicted molar refractivity (Wildman–Crippen MR) is 139 cm³/mol. The molecule has 0 amide bonds. The number of nitrogens with zero attached hydrogens (tertiary/aromatic N) is 4. The second-order valence-electron chi connectivity index (χ2n) is 8.97. The van der Waals surface area contributed by atoms with Crippen molar-refractivity contribution < 1.29 is 9.13 Å². The minimum atomic E-state index is -0.402. The van der Waals surface area contributed by atoms with E-state index >= 15 is 0 Å². The van der Waals surface area contributed by atoms with Crippen LogP contribution in [0.25, 0.3) is 0 Å². The average Bonchev–Trinajstić information content (AvgIpc) is 2.86. The van der Waals surface area contributed by atoms with Gasteiger partial charge in [-0.25, -0.2) is 4.39 Å². The van der Waals surface area contributed by atoms with Crippen LogP contribution in [0.3, 0.4) is 0 Å². The number of piperidine rings is 1. The van der Waals surface area contributed by atoms with Crippen molar-refractivity contribution in [3.63, 3.8) is 0 Å². The Morgan fingerprint density at radius 3 is 2.60 bits per heavy atom. The maximum absolute atomic E-state index is 14.6. The number of hydrogen-bond donors (Lipinski definition) is 2. The molecule has 0 unspecified atom stereocenters. The molecule has 2 aliphatic heterocycles. The van der Waals surface area contributed by atoms with Crippen molar-refractivity contribution in [1.29, 1.82) is 5.41 Å². The zero-order chi connectivity index (χ0) is 24.8. The third-order valence-corrected chi connectivity index (χ3v) is 6.56. The van der Waals surface area contributed by atoms with E-state index in [-0.39, 0.29) is 5.92 Å². The Bertz CT molecular complexity index is 1150. The lowest BCUT2D eigenvalue weighted by molar-refractivity contribution is 0.212. The summed E-state index contributed by atoms with van der Waals surface area (Å²) in [4.78, 5) is 6.55. The number of halogens is 1. The van der Waals surface area contributed by atoms with E-state index in [1.807, 2.05) is 33.2 Å². The molecule has 4 rings (SSSR count). The second kappa shape index (κ2) is 11.4. The molecule has 0 aliphatic carbocycles. The molecule has 0 bridgehead atoms. The summed E-state index contributed by atoms with van der Waals surface area (Å²) in [6.45, 7) is 8.99. The number of pyridine rings is 1. The Morgan fingerprint density at radius 2 is 1.91 bits per heavy atom. The van der Waals surface area contributed by atoms with Gasteiger partial charge in [-0.2, -0.15) is 10.2 Å². The summed E-state index contributed by atoms with van der Waals surface area (Å²) in [5, 5.41) is 20.8. The van der Waals surface area contributed by atoms with Gasteiger partial charge in [-0.1, -0.05) is 0 Å². The van der Waals surface area contributed by atoms with Gasteiger partial charge in [0.2, 0.25) is 0 Å². The van der Waals surface area contributed by atoms with Gasteiger partial charge in [0.05, 0.1) is 29.4 Å². The first kappa shape index (κ1) is 24.7. The highest BCUT2D eigenvalue weighted by Gasteiger charge is 2.31. The number of nitrogens with one attached hydrogen (secondary N) is 2. The molecule has 0 saturated carbocycles. The van der Waals surface area contributed by atoms with Gasteiger partial charge >= 0.3 is 0 Å². The van der Waals surface area contributed by atoms with Crippen LogP contribution >= 0.6 is 0 Å². The van der Waals surface area contributed by atoms with Crippen molar-refractivity contribution in [2.45, 2.75) is 40.0 Å². The lowest BCUT2D eigenvalue weighted by atomic mass is 9.85. The molecule has 1 aromatic carbocycles. The van der Waals surface area contributed by atoms with E-state index in [9.17, 15) is 4.39 Å². The van der Waals surface area contributed by atoms with E-state index < -0.39 is 5.82 Å². The van der Waals surface area contributed by atoms with Gasteiger partial charge in [-0.15, -0.1) is 0 Å². The Labute approximate surface area is 206 Å². The van der Waals surface area contributed by atoms with E-state index in [2.05, 4.69) is 37.5 Å². The van der Waals surface area contributed by atoms with Gasteiger partial charge < -0.3 is 15.0 Å². The first-order valence-corrected chi connectivity index (χ1v) is 12.2. The average molecular weight is 477 g/mol. The van der Waals surface area contributed by atoms with Crippen LogP contribution in [-0.4, -0.2) is 53.3 Å². The summed E-state index contributed by atoms with van der Waals surface area (Å²) in [5.74, 6) is 0.285. The maximum Gasteiger partial charge on any atom is 0.150 e. The highest BCUT2D eigenvalue weighted by molar-refractivity contribution is 6.54. The van der Waals surface area contributed by atoms with Crippen LogP contribution in [0.1, 0.15) is 39.2 Å². The number of ether oxygens (including phenoxy) is 1. The SMILES string of the molecule is CCOc1ccc(N/C(C)=C2\C(=N)C(C3CCN(CCc4ccncc4)CC3)=NN=C2C)c(F)c1. The summed E-state index contributed by atoms with van der Waals surface area (Å²) in [7, 11) is 0. The van der Waals surface area contributed by atoms with E-state index in [0.29, 0.717) is 40.7 Å². The van der Waals surface area contributed by atoms with E-state index in [1.165, 1.54) is 11.6 Å². The van der Waals surface area contributed by atoms with Gasteiger partial charge in [-0.05, 0) is 83.0 Å². The molecule has 1 saturated heterocycles. The molecule has 0 atom stereocenters. The van der Waals surface area contributed by atoms with Crippen molar-refractivity contribution in [2.24, 2.45) is 16.1 Å². The predicted octanol–water partition coefficient (Wildman–Crippen LogP) is 5.11. The van der Waals surface area contributed by atoms with E-state index in [4.69, 9.17) is 10.1 Å². The summed E-state index contributed by atoms with van der Waals surface area (Å²) < 4.78 is 20.0. The Hall–Kier alpha value is -3.39. The van der Waals surface area contributed by atoms with Crippen LogP contribution in [0.5, 0.6) is 5.75 Å². The highest BCUT2D eigenvalue weighted by atomic mass is 19.1. The van der Waals surface area contributed by atoms with Gasteiger partial charge in [0.1, 0.15) is 11.6 Å². The monoisotopic (exact) mass is 476 g/mol. The van der Waals surface area contributed by atoms with Gasteiger partial charge in [-0.3, -0.25) is 10.4 Å². The summed E-state index contributed by atoms with van der Waals surface area (Å²) in [5.41, 5.74) is 4.77. The van der Waals surface area contributed by atoms with Crippen molar-refractivity contribution in [2.75, 3.05) is 31.6 Å². The normalized spacial score (nSPS) is 18.7. The molecule has 2 aromatic rings. The third kappa shape index (κ3) is 6.00. The second-order valence-corrected chi connectivity index (χ2v) is 8.97. The number of likely N-dealkylation sites (tertiary alicyclic amines) is 1. The van der Waals surface area contributed by atoms with Crippen molar-refractivity contribution in [1.82, 2.24) is 9.88 Å². The molecule has 2 N–H and O–H groups in total. The van der Waals surface area contributed by atoms with E-state index in [1.54, 1.807) is 12.1 Å². The number of anilines is 1. The van der Waals surface area contributed by atoms with Crippen molar-refractivity contribution >= 4 is 22.8 Å². The van der Waals surface area contributed by atoms with Crippen LogP contribution in [0.4, 0.5) is 10.1 Å². The molecule has 2 aliphatic rings. The summed E-state index contributed by atoms with van der Waals surface area (Å²) >= 11 is 0. The summed E-state index contributed by atoms with van der Waals surface area (Å²) in [6.07, 6.45) is 6.57. The molecule has 1 aromatic heterocycles. The highest BCUT2D eigenvalue weighted by Crippen LogP contribution is 2.27. The quantitative estimate of drug-likeness (QED) is 0.554. The first-order chi connectivity index (χ1) is 17.0. The lowest BCUT2D eigenvalue weighted by Gasteiger charge is -2.33. The van der Waals surface area contributed by atoms with E-state index in [0.717, 1.165) is 44.6 Å². The minimum absolute atomic E-state index is 0.196. The molecule has 35 heavy (non-hydrogen) atoms. The number of rotatable bonds is 8. The van der Waals surface area contributed by atoms with Crippen LogP contribution in [0, 0.1) is 17.1 Å². The van der Waals surface area contributed by atoms with Crippen molar-refractivity contribution in [3.05, 3.63) is 65.4 Å². The third-order valence-electron chi connectivity index (χ3n) is 6.56. The Balaban J connectivity index is 1.40. The number of allylic oxidation sites excluding steroid dienone is 2. The fourth-order valence-corrected chi connectivity index (χ4v) is 4.67. The molecule has 0 spiro atoms. The maximum atomic E-state index is 14.6. The molecular weight excluding hydrogens is 443 g/mol. The van der Waals surface area contributed by atoms with Crippen LogP contribution < -0.4 is 10.1 Å². The molecule has 184 valence electrons. The molecule has 7 nitrogen and oxygen atoms in total. The fourth-order valence-electron chi connectivity index (χ4n) is 4.67. The Morgan fingerprint density at radius 1 is 1.17 bits per heavy atom. The van der Waals surface area contributed by atoms with Gasteiger partial charge in [0.25, 0.3) is 0 Å². The zero-order valence-corrected chi connectivity index (χ0v) is 20.6. The van der Waals surface area contributed by atoms with Crippen molar-refractivity contribution in [3.8, 4) is 5.75 Å². The number of hydrogen-bond acceptors (Lipinski definition) is 7. The van der Waals surface area contributed by atoms with Crippen LogP contribution in [0.15, 0.2) is 64.2 Å². The summed E-state index contributed by atoms with van der Waals surface area (Å²) in [6, 6.07) is 8.88. The standard InChI is InChI=1S/C27H33FN6O/c1-4-35-22-5-6-24(23(28)17-22)31-18(2)25-19(3)32-33-27(26(25)29)21-10-15-34(16-11-21)14-9-20-7-12-30-13-8-20/h5-8,12-13,17,21,29,31H,4,9-11,14-16H2,1-3H3/b25-18-,29-26?. The minimum Gasteiger partial charge on any atom is -0.494 e. The smallest absolute Gasteiger partial charge is 0.150 e. The van der Waals surface area contributed by atoms with Gasteiger partial charge in [0.15, 0.2) is 0 Å². The topological polar surface area (TPSA) is 86.0 Å². The molecule has 8 heteroatoms. The number of aromatic nitrogens is 1. The largest absolute Gasteiger partial charge is 0.494 e. The number of benzene rings is 1. The van der Waals surface area contributed by atoms with Crippen LogP contribution in [0.2, 0.25) is 0 Å². The molecule has 0 radical (unpaired) electrons. The fraction of sp³-hybridized carbons (Fsp3) is 0.407. The molecular formula is C27H33FN6O.